The van der Waals surface area contributed by atoms with E-state index in [0.717, 1.165) is 25.1 Å². The largest absolute Gasteiger partial charge is 0.490 e. The number of nitrogens with zero attached hydrogens (tertiary/aromatic N) is 3. The molecule has 0 aliphatic carbocycles. The van der Waals surface area contributed by atoms with Crippen molar-refractivity contribution in [3.8, 4) is 11.4 Å². The van der Waals surface area contributed by atoms with Crippen LogP contribution in [0.1, 0.15) is 23.2 Å². The van der Waals surface area contributed by atoms with Crippen LogP contribution in [-0.2, 0) is 4.74 Å². The van der Waals surface area contributed by atoms with E-state index in [-0.39, 0.29) is 12.0 Å². The second-order valence-corrected chi connectivity index (χ2v) is 6.28. The van der Waals surface area contributed by atoms with Crippen LogP contribution in [0.3, 0.4) is 0 Å². The molecule has 27 heavy (non-hydrogen) atoms. The summed E-state index contributed by atoms with van der Waals surface area (Å²) >= 11 is 0. The molecule has 0 radical (unpaired) electrons. The molecule has 0 bridgehead atoms. The number of para-hydroxylation sites is 1. The lowest BCUT2D eigenvalue weighted by Gasteiger charge is -2.14. The van der Waals surface area contributed by atoms with Gasteiger partial charge in [-0.1, -0.05) is 12.1 Å². The fraction of sp³-hybridized carbons (Fsp3) is 0.250. The zero-order valence-electron chi connectivity index (χ0n) is 14.7. The van der Waals surface area contributed by atoms with E-state index < -0.39 is 0 Å². The Kier molecular flexibility index (Phi) is 5.11. The molecule has 1 aliphatic heterocycles. The number of aromatic nitrogens is 3. The molecule has 0 spiro atoms. The van der Waals surface area contributed by atoms with Gasteiger partial charge in [0.25, 0.3) is 5.91 Å². The fourth-order valence-electron chi connectivity index (χ4n) is 2.98. The van der Waals surface area contributed by atoms with E-state index in [9.17, 15) is 4.79 Å². The summed E-state index contributed by atoms with van der Waals surface area (Å²) in [7, 11) is 0. The Hall–Kier alpha value is -3.19. The summed E-state index contributed by atoms with van der Waals surface area (Å²) in [5.74, 6) is 0.344. The number of hydrogen-bond acceptors (Lipinski definition) is 5. The highest BCUT2D eigenvalue weighted by Crippen LogP contribution is 2.22. The highest BCUT2D eigenvalue weighted by atomic mass is 16.5. The third kappa shape index (κ3) is 4.15. The summed E-state index contributed by atoms with van der Waals surface area (Å²) in [6.07, 6.45) is 5.25. The van der Waals surface area contributed by atoms with Crippen LogP contribution in [0.25, 0.3) is 5.69 Å². The summed E-state index contributed by atoms with van der Waals surface area (Å²) in [6, 6.07) is 14.6. The Balaban J connectivity index is 1.43. The number of ether oxygens (including phenoxy) is 2. The van der Waals surface area contributed by atoms with E-state index in [1.54, 1.807) is 23.1 Å². The van der Waals surface area contributed by atoms with Gasteiger partial charge in [-0.25, -0.2) is 9.67 Å². The molecule has 138 valence electrons. The van der Waals surface area contributed by atoms with Gasteiger partial charge in [-0.2, -0.15) is 5.10 Å². The summed E-state index contributed by atoms with van der Waals surface area (Å²) in [5.41, 5.74) is 2.06. The molecule has 7 heteroatoms. The normalized spacial score (nSPS) is 16.2. The van der Waals surface area contributed by atoms with Crippen molar-refractivity contribution in [3.05, 3.63) is 66.7 Å². The lowest BCUT2D eigenvalue weighted by Crippen LogP contribution is -2.19. The number of carbonyl (C=O) groups is 1. The van der Waals surface area contributed by atoms with Gasteiger partial charge >= 0.3 is 0 Å². The standard InChI is InChI=1S/C20H20N4O3/c25-20(23-15-7-9-16(10-8-15)24-14-21-13-22-24)18-5-1-2-6-19(18)27-12-17-4-3-11-26-17/h1-2,5-10,13-14,17H,3-4,11-12H2,(H,23,25). The first-order valence-electron chi connectivity index (χ1n) is 8.89. The number of carbonyl (C=O) groups excluding carboxylic acids is 1. The van der Waals surface area contributed by atoms with Gasteiger partial charge < -0.3 is 14.8 Å². The second kappa shape index (κ2) is 8.01. The van der Waals surface area contributed by atoms with Crippen molar-refractivity contribution in [2.75, 3.05) is 18.5 Å². The van der Waals surface area contributed by atoms with Gasteiger partial charge in [-0.15, -0.1) is 0 Å². The van der Waals surface area contributed by atoms with Crippen molar-refractivity contribution in [2.24, 2.45) is 0 Å². The zero-order chi connectivity index (χ0) is 18.5. The van der Waals surface area contributed by atoms with Crippen LogP contribution in [-0.4, -0.2) is 40.0 Å². The van der Waals surface area contributed by atoms with Crippen molar-refractivity contribution in [1.82, 2.24) is 14.8 Å². The van der Waals surface area contributed by atoms with Crippen LogP contribution in [0.5, 0.6) is 5.75 Å². The van der Waals surface area contributed by atoms with Crippen LogP contribution in [0.4, 0.5) is 5.69 Å². The molecular weight excluding hydrogens is 344 g/mol. The number of benzene rings is 2. The van der Waals surface area contributed by atoms with E-state index in [4.69, 9.17) is 9.47 Å². The monoisotopic (exact) mass is 364 g/mol. The molecule has 0 saturated carbocycles. The van der Waals surface area contributed by atoms with Crippen LogP contribution >= 0.6 is 0 Å². The topological polar surface area (TPSA) is 78.3 Å². The molecule has 1 unspecified atom stereocenters. The first kappa shape index (κ1) is 17.2. The predicted octanol–water partition coefficient (Wildman–Crippen LogP) is 3.08. The van der Waals surface area contributed by atoms with E-state index in [1.165, 1.54) is 6.33 Å². The van der Waals surface area contributed by atoms with Gasteiger partial charge in [-0.05, 0) is 49.2 Å². The molecular formula is C20H20N4O3. The van der Waals surface area contributed by atoms with Crippen molar-refractivity contribution in [1.29, 1.82) is 0 Å². The minimum absolute atomic E-state index is 0.102. The maximum Gasteiger partial charge on any atom is 0.259 e. The van der Waals surface area contributed by atoms with Gasteiger partial charge in [0.2, 0.25) is 0 Å². The molecule has 1 saturated heterocycles. The summed E-state index contributed by atoms with van der Waals surface area (Å²) < 4.78 is 13.1. The maximum atomic E-state index is 12.7. The SMILES string of the molecule is O=C(Nc1ccc(-n2cncn2)cc1)c1ccccc1OCC1CCCO1. The van der Waals surface area contributed by atoms with Gasteiger partial charge in [0.15, 0.2) is 0 Å². The van der Waals surface area contributed by atoms with Crippen LogP contribution in [0, 0.1) is 0 Å². The lowest BCUT2D eigenvalue weighted by molar-refractivity contribution is 0.0673. The highest BCUT2D eigenvalue weighted by Gasteiger charge is 2.18. The maximum absolute atomic E-state index is 12.7. The third-order valence-electron chi connectivity index (χ3n) is 4.39. The molecule has 1 fully saturated rings. The second-order valence-electron chi connectivity index (χ2n) is 6.28. The quantitative estimate of drug-likeness (QED) is 0.727. The number of anilines is 1. The summed E-state index contributed by atoms with van der Waals surface area (Å²) in [5, 5.41) is 6.98. The fourth-order valence-corrected chi connectivity index (χ4v) is 2.98. The van der Waals surface area contributed by atoms with Crippen molar-refractivity contribution in [3.63, 3.8) is 0 Å². The third-order valence-corrected chi connectivity index (χ3v) is 4.39. The Morgan fingerprint density at radius 3 is 2.81 bits per heavy atom. The Labute approximate surface area is 156 Å². The minimum Gasteiger partial charge on any atom is -0.490 e. The number of hydrogen-bond donors (Lipinski definition) is 1. The van der Waals surface area contributed by atoms with E-state index in [1.807, 2.05) is 36.4 Å². The smallest absolute Gasteiger partial charge is 0.259 e. The molecule has 1 aromatic heterocycles. The molecule has 4 rings (SSSR count). The van der Waals surface area contributed by atoms with Crippen LogP contribution in [0.2, 0.25) is 0 Å². The van der Waals surface area contributed by atoms with Gasteiger partial charge in [-0.3, -0.25) is 4.79 Å². The lowest BCUT2D eigenvalue weighted by atomic mass is 10.1. The van der Waals surface area contributed by atoms with Gasteiger partial charge in [0, 0.05) is 12.3 Å². The van der Waals surface area contributed by atoms with Crippen LogP contribution < -0.4 is 10.1 Å². The Morgan fingerprint density at radius 1 is 1.22 bits per heavy atom. The molecule has 2 aromatic carbocycles. The summed E-state index contributed by atoms with van der Waals surface area (Å²) in [6.45, 7) is 1.23. The molecule has 2 heterocycles. The Bertz CT molecular complexity index is 888. The highest BCUT2D eigenvalue weighted by molar-refractivity contribution is 6.06. The Morgan fingerprint density at radius 2 is 2.07 bits per heavy atom. The molecule has 1 atom stereocenters. The van der Waals surface area contributed by atoms with E-state index in [0.29, 0.717) is 23.6 Å². The van der Waals surface area contributed by atoms with E-state index in [2.05, 4.69) is 15.4 Å². The van der Waals surface area contributed by atoms with Crippen molar-refractivity contribution < 1.29 is 14.3 Å². The number of rotatable bonds is 6. The van der Waals surface area contributed by atoms with E-state index >= 15 is 0 Å². The average Bonchev–Trinajstić information content (AvgIpc) is 3.41. The van der Waals surface area contributed by atoms with Gasteiger partial charge in [0.1, 0.15) is 25.0 Å². The number of amides is 1. The van der Waals surface area contributed by atoms with Gasteiger partial charge in [0.05, 0.1) is 17.4 Å². The summed E-state index contributed by atoms with van der Waals surface area (Å²) in [4.78, 5) is 16.6. The first-order valence-corrected chi connectivity index (χ1v) is 8.89. The van der Waals surface area contributed by atoms with Crippen molar-refractivity contribution >= 4 is 11.6 Å². The average molecular weight is 364 g/mol. The molecule has 1 amide bonds. The van der Waals surface area contributed by atoms with Crippen LogP contribution in [0.15, 0.2) is 61.2 Å². The molecule has 1 aliphatic rings. The minimum atomic E-state index is -0.216. The first-order chi connectivity index (χ1) is 13.3. The molecule has 3 aromatic rings. The number of nitrogens with one attached hydrogen (secondary N) is 1. The zero-order valence-corrected chi connectivity index (χ0v) is 14.7. The molecule has 7 nitrogen and oxygen atoms in total. The van der Waals surface area contributed by atoms with Crippen molar-refractivity contribution in [2.45, 2.75) is 18.9 Å². The predicted molar refractivity (Wildman–Crippen MR) is 100 cm³/mol. The molecule has 1 N–H and O–H groups in total.